The zero-order chi connectivity index (χ0) is 29.9. The minimum atomic E-state index is -5.18. The minimum absolute atomic E-state index is 0.00152. The fourth-order valence-electron chi connectivity index (χ4n) is 5.68. The second-order valence-corrected chi connectivity index (χ2v) is 10.1. The fourth-order valence-corrected chi connectivity index (χ4v) is 5.68. The molecule has 2 aliphatic heterocycles. The van der Waals surface area contributed by atoms with Crippen molar-refractivity contribution in [3.63, 3.8) is 0 Å². The van der Waals surface area contributed by atoms with Crippen molar-refractivity contribution in [3.8, 4) is 22.9 Å². The number of rotatable bonds is 5. The normalized spacial score (nSPS) is 19.1. The molecule has 0 aliphatic carbocycles. The fraction of sp³-hybridized carbons (Fsp3) is 0.300. The molecule has 9 nitrogen and oxygen atoms in total. The van der Waals surface area contributed by atoms with Gasteiger partial charge in [0.25, 0.3) is 0 Å². The number of hydrogen-bond donors (Lipinski definition) is 1. The summed E-state index contributed by atoms with van der Waals surface area (Å²) in [5, 5.41) is 10.4. The number of benzene rings is 3. The highest BCUT2D eigenvalue weighted by Crippen LogP contribution is 2.47. The molecule has 3 atom stereocenters. The molecule has 218 valence electrons. The molecule has 1 aromatic heterocycles. The Morgan fingerprint density at radius 1 is 1.14 bits per heavy atom. The second kappa shape index (κ2) is 9.97. The molecule has 0 spiro atoms. The van der Waals surface area contributed by atoms with Gasteiger partial charge in [-0.15, -0.1) is 0 Å². The van der Waals surface area contributed by atoms with Crippen molar-refractivity contribution in [3.05, 3.63) is 71.5 Å². The van der Waals surface area contributed by atoms with Crippen LogP contribution in [-0.4, -0.2) is 45.4 Å². The molecule has 0 saturated heterocycles. The molecule has 3 heterocycles. The number of imidazole rings is 1. The number of esters is 1. The number of aryl methyl sites for hydroxylation is 1. The summed E-state index contributed by atoms with van der Waals surface area (Å²) in [6.45, 7) is 4.60. The van der Waals surface area contributed by atoms with Crippen molar-refractivity contribution in [2.45, 2.75) is 51.6 Å². The van der Waals surface area contributed by atoms with Gasteiger partial charge in [-0.25, -0.2) is 4.98 Å². The summed E-state index contributed by atoms with van der Waals surface area (Å²) >= 11 is 0. The predicted molar refractivity (Wildman–Crippen MR) is 145 cm³/mol. The van der Waals surface area contributed by atoms with Gasteiger partial charge in [0.1, 0.15) is 41.3 Å². The van der Waals surface area contributed by atoms with Gasteiger partial charge in [0, 0.05) is 36.2 Å². The van der Waals surface area contributed by atoms with Crippen LogP contribution < -0.4 is 14.4 Å². The van der Waals surface area contributed by atoms with E-state index in [1.54, 1.807) is 41.8 Å². The summed E-state index contributed by atoms with van der Waals surface area (Å²) in [4.78, 5) is 29.8. The third-order valence-corrected chi connectivity index (χ3v) is 7.45. The zero-order valence-corrected chi connectivity index (χ0v) is 22.8. The quantitative estimate of drug-likeness (QED) is 0.301. The molecule has 0 saturated carbocycles. The molecule has 6 rings (SSSR count). The summed E-state index contributed by atoms with van der Waals surface area (Å²) in [6, 6.07) is 13.1. The highest BCUT2D eigenvalue weighted by atomic mass is 19.4. The van der Waals surface area contributed by atoms with Crippen LogP contribution in [0, 0.1) is 0 Å². The molecule has 1 unspecified atom stereocenters. The summed E-state index contributed by atoms with van der Waals surface area (Å²) in [7, 11) is 0. The first-order valence-electron chi connectivity index (χ1n) is 13.3. The van der Waals surface area contributed by atoms with E-state index in [1.807, 2.05) is 6.92 Å². The monoisotopic (exact) mass is 581 g/mol. The summed E-state index contributed by atoms with van der Waals surface area (Å²) in [5.41, 5.74) is 2.33. The molecule has 1 amide bonds. The smallest absolute Gasteiger partial charge is 0.471 e. The topological polar surface area (TPSA) is 103 Å². The van der Waals surface area contributed by atoms with Crippen molar-refractivity contribution in [2.24, 2.45) is 0 Å². The number of alkyl halides is 3. The number of nitrogens with zero attached hydrogens (tertiary/aromatic N) is 3. The van der Waals surface area contributed by atoms with Gasteiger partial charge in [0.2, 0.25) is 0 Å². The predicted octanol–water partition coefficient (Wildman–Crippen LogP) is 5.71. The van der Waals surface area contributed by atoms with Gasteiger partial charge in [-0.1, -0.05) is 25.1 Å². The highest BCUT2D eigenvalue weighted by molar-refractivity contribution is 5.98. The van der Waals surface area contributed by atoms with Crippen LogP contribution in [0.4, 0.5) is 18.9 Å². The lowest BCUT2D eigenvalue weighted by Gasteiger charge is -2.29. The average molecular weight is 582 g/mol. The number of aromatic nitrogens is 2. The summed E-state index contributed by atoms with van der Waals surface area (Å²) in [5.74, 6) is -1.45. The van der Waals surface area contributed by atoms with Crippen LogP contribution in [0.2, 0.25) is 0 Å². The lowest BCUT2D eigenvalue weighted by atomic mass is 10.0. The van der Waals surface area contributed by atoms with Gasteiger partial charge < -0.3 is 19.3 Å². The van der Waals surface area contributed by atoms with E-state index in [0.29, 0.717) is 50.7 Å². The summed E-state index contributed by atoms with van der Waals surface area (Å²) in [6.07, 6.45) is -5.97. The van der Waals surface area contributed by atoms with Crippen LogP contribution in [-0.2, 0) is 20.7 Å². The van der Waals surface area contributed by atoms with Crippen LogP contribution in [0.15, 0.2) is 54.6 Å². The average Bonchev–Trinajstić information content (AvgIpc) is 3.62. The van der Waals surface area contributed by atoms with Gasteiger partial charge in [-0.3, -0.25) is 19.1 Å². The van der Waals surface area contributed by atoms with Gasteiger partial charge in [-0.2, -0.15) is 13.2 Å². The van der Waals surface area contributed by atoms with E-state index in [2.05, 4.69) is 4.98 Å². The molecule has 3 aromatic carbocycles. The van der Waals surface area contributed by atoms with E-state index in [-0.39, 0.29) is 23.8 Å². The van der Waals surface area contributed by atoms with E-state index < -0.39 is 36.3 Å². The third-order valence-electron chi connectivity index (χ3n) is 7.45. The number of halogens is 3. The maximum atomic E-state index is 14.0. The van der Waals surface area contributed by atoms with Crippen LogP contribution in [0.1, 0.15) is 49.9 Å². The Balaban J connectivity index is 1.46. The van der Waals surface area contributed by atoms with E-state index in [1.165, 1.54) is 31.2 Å². The lowest BCUT2D eigenvalue weighted by Crippen LogP contribution is -2.44. The van der Waals surface area contributed by atoms with Crippen molar-refractivity contribution in [2.75, 3.05) is 11.5 Å². The SMILES string of the molecule is CCc1nc2c(O)cccc2n1-c1cccc2c1OC[C@H]2N(C(=O)C(F)(F)F)c1ccc2c(c1)OC(C)[C@H]2OC(C)=O. The Morgan fingerprint density at radius 3 is 2.62 bits per heavy atom. The van der Waals surface area contributed by atoms with Gasteiger partial charge in [-0.05, 0) is 37.3 Å². The number of para-hydroxylation sites is 2. The zero-order valence-electron chi connectivity index (χ0n) is 22.8. The number of phenolic OH excluding ortho intramolecular Hbond substituents is 1. The Labute approximate surface area is 238 Å². The van der Waals surface area contributed by atoms with Gasteiger partial charge >= 0.3 is 18.1 Å². The molecular weight excluding hydrogens is 555 g/mol. The molecule has 42 heavy (non-hydrogen) atoms. The molecule has 1 N–H and O–H groups in total. The Bertz CT molecular complexity index is 1730. The summed E-state index contributed by atoms with van der Waals surface area (Å²) < 4.78 is 61.0. The van der Waals surface area contributed by atoms with E-state index in [9.17, 15) is 27.9 Å². The molecular formula is C30H26F3N3O6. The number of fused-ring (bicyclic) bond motifs is 3. The van der Waals surface area contributed by atoms with Crippen molar-refractivity contribution < 1.29 is 42.1 Å². The maximum absolute atomic E-state index is 14.0. The standard InChI is InChI=1S/C30H26F3N3O6/c1-4-25-34-26-20(8-6-10-23(26)38)36(25)21-9-5-7-18-22(14-40-28(18)21)35(29(39)30(31,32)33)17-11-12-19-24(13-17)41-15(2)27(19)42-16(3)37/h5-13,15,22,27,38H,4,14H2,1-3H3/t15?,22-,27-/m1/s1. The minimum Gasteiger partial charge on any atom is -0.506 e. The number of ether oxygens (including phenoxy) is 3. The number of anilines is 1. The van der Waals surface area contributed by atoms with Crippen LogP contribution in [0.5, 0.6) is 17.2 Å². The van der Waals surface area contributed by atoms with Gasteiger partial charge in [0.15, 0.2) is 6.10 Å². The van der Waals surface area contributed by atoms with Crippen molar-refractivity contribution in [1.82, 2.24) is 9.55 Å². The number of carbonyl (C=O) groups excluding carboxylic acids is 2. The molecule has 0 bridgehead atoms. The number of amides is 1. The first kappa shape index (κ1) is 27.4. The molecule has 2 aliphatic rings. The van der Waals surface area contributed by atoms with E-state index in [0.717, 1.165) is 0 Å². The highest BCUT2D eigenvalue weighted by Gasteiger charge is 2.48. The Morgan fingerprint density at radius 2 is 1.90 bits per heavy atom. The van der Waals surface area contributed by atoms with E-state index >= 15 is 0 Å². The maximum Gasteiger partial charge on any atom is 0.471 e. The molecule has 0 fully saturated rings. The van der Waals surface area contributed by atoms with Gasteiger partial charge in [0.05, 0.1) is 17.2 Å². The van der Waals surface area contributed by atoms with Crippen LogP contribution in [0.25, 0.3) is 16.7 Å². The second-order valence-electron chi connectivity index (χ2n) is 10.1. The Kier molecular flexibility index (Phi) is 6.51. The Hall–Kier alpha value is -4.74. The third kappa shape index (κ3) is 4.38. The number of hydrogen-bond acceptors (Lipinski definition) is 7. The number of phenols is 1. The first-order chi connectivity index (χ1) is 20.0. The van der Waals surface area contributed by atoms with E-state index in [4.69, 9.17) is 14.2 Å². The molecule has 0 radical (unpaired) electrons. The lowest BCUT2D eigenvalue weighted by molar-refractivity contribution is -0.171. The largest absolute Gasteiger partial charge is 0.506 e. The first-order valence-corrected chi connectivity index (χ1v) is 13.3. The molecule has 12 heteroatoms. The molecule has 4 aromatic rings. The van der Waals surface area contributed by atoms with Crippen molar-refractivity contribution in [1.29, 1.82) is 0 Å². The van der Waals surface area contributed by atoms with Crippen molar-refractivity contribution >= 4 is 28.6 Å². The number of carbonyl (C=O) groups is 2. The van der Waals surface area contributed by atoms with Crippen LogP contribution >= 0.6 is 0 Å². The van der Waals surface area contributed by atoms with Crippen LogP contribution in [0.3, 0.4) is 0 Å². The number of aromatic hydroxyl groups is 1.